The van der Waals surface area contributed by atoms with Crippen LogP contribution in [0.1, 0.15) is 37.6 Å². The summed E-state index contributed by atoms with van der Waals surface area (Å²) in [5.74, 6) is 0.0231. The monoisotopic (exact) mass is 206 g/mol. The van der Waals surface area contributed by atoms with Crippen LogP contribution in [-0.2, 0) is 0 Å². The highest BCUT2D eigenvalue weighted by atomic mass is 16.2. The van der Waals surface area contributed by atoms with Crippen LogP contribution in [0.5, 0.6) is 0 Å². The molecule has 0 spiro atoms. The van der Waals surface area contributed by atoms with Crippen molar-refractivity contribution in [1.82, 2.24) is 9.88 Å². The van der Waals surface area contributed by atoms with Gasteiger partial charge in [0.1, 0.15) is 0 Å². The highest BCUT2D eigenvalue weighted by molar-refractivity contribution is 5.94. The van der Waals surface area contributed by atoms with Gasteiger partial charge in [-0.05, 0) is 32.4 Å². The molecule has 0 bridgehead atoms. The Morgan fingerprint density at radius 1 is 1.53 bits per heavy atom. The maximum Gasteiger partial charge on any atom is 0.255 e. The number of pyridine rings is 1. The Balaban J connectivity index is 2.87. The molecule has 0 fully saturated rings. The fourth-order valence-corrected chi connectivity index (χ4v) is 1.19. The van der Waals surface area contributed by atoms with E-state index >= 15 is 0 Å². The van der Waals surface area contributed by atoms with Crippen molar-refractivity contribution in [3.63, 3.8) is 0 Å². The lowest BCUT2D eigenvalue weighted by Gasteiger charge is -2.34. The van der Waals surface area contributed by atoms with E-state index in [2.05, 4.69) is 25.8 Å². The lowest BCUT2D eigenvalue weighted by Crippen LogP contribution is -2.44. The topological polar surface area (TPSA) is 33.2 Å². The van der Waals surface area contributed by atoms with Crippen molar-refractivity contribution in [3.05, 3.63) is 30.1 Å². The summed E-state index contributed by atoms with van der Waals surface area (Å²) in [7, 11) is 1.83. The smallest absolute Gasteiger partial charge is 0.255 e. The van der Waals surface area contributed by atoms with Gasteiger partial charge in [0.25, 0.3) is 5.91 Å². The first-order valence-electron chi connectivity index (χ1n) is 5.17. The standard InChI is InChI=1S/C12H18N2O/c1-5-12(2,3)14(4)11(15)10-7-6-8-13-9-10/h6-9H,5H2,1-4H3. The molecule has 0 N–H and O–H groups in total. The second kappa shape index (κ2) is 4.43. The molecule has 0 saturated heterocycles. The van der Waals surface area contributed by atoms with Gasteiger partial charge in [0.15, 0.2) is 0 Å². The van der Waals surface area contributed by atoms with E-state index < -0.39 is 0 Å². The lowest BCUT2D eigenvalue weighted by molar-refractivity contribution is 0.0620. The van der Waals surface area contributed by atoms with Crippen molar-refractivity contribution in [2.75, 3.05) is 7.05 Å². The minimum Gasteiger partial charge on any atom is -0.337 e. The Hall–Kier alpha value is -1.38. The van der Waals surface area contributed by atoms with Gasteiger partial charge in [0.05, 0.1) is 5.56 Å². The highest BCUT2D eigenvalue weighted by Gasteiger charge is 2.26. The van der Waals surface area contributed by atoms with Gasteiger partial charge in [0, 0.05) is 25.0 Å². The summed E-state index contributed by atoms with van der Waals surface area (Å²) in [5.41, 5.74) is 0.522. The third kappa shape index (κ3) is 2.55. The zero-order chi connectivity index (χ0) is 11.5. The molecule has 1 rings (SSSR count). The van der Waals surface area contributed by atoms with Crippen molar-refractivity contribution >= 4 is 5.91 Å². The Morgan fingerprint density at radius 3 is 2.67 bits per heavy atom. The summed E-state index contributed by atoms with van der Waals surface area (Å²) in [6, 6.07) is 3.57. The van der Waals surface area contributed by atoms with Crippen LogP contribution in [0.15, 0.2) is 24.5 Å². The van der Waals surface area contributed by atoms with E-state index in [9.17, 15) is 4.79 Å². The summed E-state index contributed by atoms with van der Waals surface area (Å²) < 4.78 is 0. The number of aromatic nitrogens is 1. The molecule has 82 valence electrons. The molecule has 1 aromatic heterocycles. The third-order valence-corrected chi connectivity index (χ3v) is 2.99. The van der Waals surface area contributed by atoms with Crippen molar-refractivity contribution in [2.24, 2.45) is 0 Å². The summed E-state index contributed by atoms with van der Waals surface area (Å²) in [6.07, 6.45) is 4.20. The zero-order valence-corrected chi connectivity index (χ0v) is 9.82. The predicted octanol–water partition coefficient (Wildman–Crippen LogP) is 2.34. The molecule has 1 heterocycles. The predicted molar refractivity (Wildman–Crippen MR) is 60.7 cm³/mol. The molecular formula is C12H18N2O. The van der Waals surface area contributed by atoms with Crippen LogP contribution in [0.25, 0.3) is 0 Å². The molecule has 0 aromatic carbocycles. The van der Waals surface area contributed by atoms with Gasteiger partial charge in [-0.15, -0.1) is 0 Å². The quantitative estimate of drug-likeness (QED) is 0.760. The van der Waals surface area contributed by atoms with Gasteiger partial charge >= 0.3 is 0 Å². The number of carbonyl (C=O) groups excluding carboxylic acids is 1. The normalized spacial score (nSPS) is 11.2. The Bertz CT molecular complexity index is 333. The number of nitrogens with zero attached hydrogens (tertiary/aromatic N) is 2. The van der Waals surface area contributed by atoms with Crippen molar-refractivity contribution in [1.29, 1.82) is 0 Å². The highest BCUT2D eigenvalue weighted by Crippen LogP contribution is 2.18. The Kier molecular flexibility index (Phi) is 3.45. The maximum absolute atomic E-state index is 12.0. The first-order valence-corrected chi connectivity index (χ1v) is 5.17. The zero-order valence-electron chi connectivity index (χ0n) is 9.82. The molecule has 0 aliphatic carbocycles. The number of carbonyl (C=O) groups is 1. The molecule has 15 heavy (non-hydrogen) atoms. The van der Waals surface area contributed by atoms with Gasteiger partial charge in [-0.25, -0.2) is 0 Å². The largest absolute Gasteiger partial charge is 0.337 e. The summed E-state index contributed by atoms with van der Waals surface area (Å²) in [6.45, 7) is 6.19. The number of hydrogen-bond donors (Lipinski definition) is 0. The third-order valence-electron chi connectivity index (χ3n) is 2.99. The van der Waals surface area contributed by atoms with Crippen LogP contribution in [-0.4, -0.2) is 28.4 Å². The van der Waals surface area contributed by atoms with E-state index in [1.165, 1.54) is 0 Å². The van der Waals surface area contributed by atoms with Crippen molar-refractivity contribution in [2.45, 2.75) is 32.7 Å². The maximum atomic E-state index is 12.0. The SMILES string of the molecule is CCC(C)(C)N(C)C(=O)c1cccnc1. The second-order valence-corrected chi connectivity index (χ2v) is 4.27. The molecule has 3 nitrogen and oxygen atoms in total. The summed E-state index contributed by atoms with van der Waals surface area (Å²) >= 11 is 0. The van der Waals surface area contributed by atoms with Gasteiger partial charge in [0.2, 0.25) is 0 Å². The van der Waals surface area contributed by atoms with E-state index in [1.54, 1.807) is 29.4 Å². The van der Waals surface area contributed by atoms with Crippen LogP contribution in [0.4, 0.5) is 0 Å². The van der Waals surface area contributed by atoms with E-state index in [0.29, 0.717) is 5.56 Å². The van der Waals surface area contributed by atoms with E-state index in [-0.39, 0.29) is 11.4 Å². The van der Waals surface area contributed by atoms with Crippen LogP contribution < -0.4 is 0 Å². The second-order valence-electron chi connectivity index (χ2n) is 4.27. The minimum atomic E-state index is -0.118. The minimum absolute atomic E-state index is 0.0231. The average Bonchev–Trinajstić information content (AvgIpc) is 2.28. The first-order chi connectivity index (χ1) is 6.99. The van der Waals surface area contributed by atoms with Crippen LogP contribution in [0.2, 0.25) is 0 Å². The van der Waals surface area contributed by atoms with Crippen molar-refractivity contribution in [3.8, 4) is 0 Å². The number of rotatable bonds is 3. The Labute approximate surface area is 91.1 Å². The van der Waals surface area contributed by atoms with Crippen LogP contribution >= 0.6 is 0 Å². The average molecular weight is 206 g/mol. The van der Waals surface area contributed by atoms with Crippen LogP contribution in [0, 0.1) is 0 Å². The molecular weight excluding hydrogens is 188 g/mol. The molecule has 0 saturated carbocycles. The first kappa shape index (κ1) is 11.7. The fourth-order valence-electron chi connectivity index (χ4n) is 1.19. The Morgan fingerprint density at radius 2 is 2.20 bits per heavy atom. The number of hydrogen-bond acceptors (Lipinski definition) is 2. The van der Waals surface area contributed by atoms with Gasteiger partial charge in [-0.1, -0.05) is 6.92 Å². The van der Waals surface area contributed by atoms with Crippen LogP contribution in [0.3, 0.4) is 0 Å². The molecule has 3 heteroatoms. The summed E-state index contributed by atoms with van der Waals surface area (Å²) in [4.78, 5) is 17.8. The molecule has 0 unspecified atom stereocenters. The molecule has 0 radical (unpaired) electrons. The summed E-state index contributed by atoms with van der Waals surface area (Å²) in [5, 5.41) is 0. The number of amides is 1. The fraction of sp³-hybridized carbons (Fsp3) is 0.500. The van der Waals surface area contributed by atoms with E-state index in [0.717, 1.165) is 6.42 Å². The van der Waals surface area contributed by atoms with E-state index in [4.69, 9.17) is 0 Å². The molecule has 1 amide bonds. The van der Waals surface area contributed by atoms with E-state index in [1.807, 2.05) is 7.05 Å². The molecule has 0 aliphatic rings. The van der Waals surface area contributed by atoms with Gasteiger partial charge < -0.3 is 4.90 Å². The molecule has 1 aromatic rings. The lowest BCUT2D eigenvalue weighted by atomic mass is 9.99. The molecule has 0 aliphatic heterocycles. The van der Waals surface area contributed by atoms with Gasteiger partial charge in [-0.3, -0.25) is 9.78 Å². The van der Waals surface area contributed by atoms with Crippen molar-refractivity contribution < 1.29 is 4.79 Å². The molecule has 0 atom stereocenters. The van der Waals surface area contributed by atoms with Gasteiger partial charge in [-0.2, -0.15) is 0 Å².